The Kier molecular flexibility index (Phi) is 3.43. The van der Waals surface area contributed by atoms with Gasteiger partial charge in [-0.3, -0.25) is 10.1 Å². The van der Waals surface area contributed by atoms with Crippen LogP contribution in [-0.2, 0) is 0 Å². The van der Waals surface area contributed by atoms with Gasteiger partial charge < -0.3 is 4.42 Å². The third kappa shape index (κ3) is 2.56. The van der Waals surface area contributed by atoms with Crippen LogP contribution in [-0.4, -0.2) is 4.92 Å². The molecule has 0 fully saturated rings. The van der Waals surface area contributed by atoms with Crippen LogP contribution < -0.4 is 0 Å². The van der Waals surface area contributed by atoms with E-state index >= 15 is 0 Å². The third-order valence-corrected chi connectivity index (χ3v) is 3.72. The van der Waals surface area contributed by atoms with Crippen LogP contribution in [0.5, 0.6) is 0 Å². The molecule has 0 bridgehead atoms. The standard InChI is InChI=1S/C13H13NO3S/c1-8-4-5-12(11(6-8)14(15)16)18-13-7-9(2)17-10(13)3/h4-7H,1-3H3. The van der Waals surface area contributed by atoms with Gasteiger partial charge in [0.15, 0.2) is 0 Å². The van der Waals surface area contributed by atoms with Gasteiger partial charge in [-0.15, -0.1) is 0 Å². The molecule has 5 heteroatoms. The quantitative estimate of drug-likeness (QED) is 0.613. The van der Waals surface area contributed by atoms with Crippen molar-refractivity contribution in [2.45, 2.75) is 30.6 Å². The Labute approximate surface area is 109 Å². The topological polar surface area (TPSA) is 56.3 Å². The van der Waals surface area contributed by atoms with Crippen LogP contribution in [0.25, 0.3) is 0 Å². The van der Waals surface area contributed by atoms with Crippen LogP contribution in [0, 0.1) is 30.9 Å². The van der Waals surface area contributed by atoms with Crippen molar-refractivity contribution in [1.29, 1.82) is 0 Å². The first-order chi connectivity index (χ1) is 8.47. The summed E-state index contributed by atoms with van der Waals surface area (Å²) >= 11 is 1.36. The fourth-order valence-electron chi connectivity index (χ4n) is 1.68. The molecule has 1 aromatic heterocycles. The summed E-state index contributed by atoms with van der Waals surface area (Å²) in [5.41, 5.74) is 1.02. The minimum Gasteiger partial charge on any atom is -0.465 e. The molecule has 18 heavy (non-hydrogen) atoms. The first-order valence-electron chi connectivity index (χ1n) is 5.47. The largest absolute Gasteiger partial charge is 0.465 e. The number of rotatable bonds is 3. The minimum atomic E-state index is -0.350. The Hall–Kier alpha value is -1.75. The number of nitrogens with zero attached hydrogens (tertiary/aromatic N) is 1. The summed E-state index contributed by atoms with van der Waals surface area (Å²) in [7, 11) is 0. The molecular formula is C13H13NO3S. The van der Waals surface area contributed by atoms with Crippen LogP contribution in [0.2, 0.25) is 0 Å². The van der Waals surface area contributed by atoms with E-state index in [2.05, 4.69) is 0 Å². The van der Waals surface area contributed by atoms with E-state index in [1.165, 1.54) is 11.8 Å². The van der Waals surface area contributed by atoms with Crippen LogP contribution in [0.4, 0.5) is 5.69 Å². The van der Waals surface area contributed by atoms with Gasteiger partial charge >= 0.3 is 0 Å². The van der Waals surface area contributed by atoms with Crippen LogP contribution >= 0.6 is 11.8 Å². The smallest absolute Gasteiger partial charge is 0.283 e. The number of hydrogen-bond acceptors (Lipinski definition) is 4. The molecule has 0 radical (unpaired) electrons. The predicted octanol–water partition coefficient (Wildman–Crippen LogP) is 4.26. The number of furan rings is 1. The van der Waals surface area contributed by atoms with Gasteiger partial charge in [0.1, 0.15) is 11.5 Å². The zero-order valence-electron chi connectivity index (χ0n) is 10.4. The molecule has 2 rings (SSSR count). The summed E-state index contributed by atoms with van der Waals surface area (Å²) < 4.78 is 5.42. The maximum Gasteiger partial charge on any atom is 0.283 e. The first kappa shape index (κ1) is 12.7. The molecule has 1 aromatic carbocycles. The van der Waals surface area contributed by atoms with E-state index in [0.29, 0.717) is 4.90 Å². The molecule has 4 nitrogen and oxygen atoms in total. The van der Waals surface area contributed by atoms with Crippen molar-refractivity contribution in [1.82, 2.24) is 0 Å². The van der Waals surface area contributed by atoms with Gasteiger partial charge in [-0.25, -0.2) is 0 Å². The van der Waals surface area contributed by atoms with E-state index in [-0.39, 0.29) is 10.6 Å². The summed E-state index contributed by atoms with van der Waals surface area (Å²) in [6.07, 6.45) is 0. The lowest BCUT2D eigenvalue weighted by Crippen LogP contribution is -1.91. The molecule has 0 saturated carbocycles. The lowest BCUT2D eigenvalue weighted by molar-refractivity contribution is -0.387. The summed E-state index contributed by atoms with van der Waals surface area (Å²) in [5.74, 6) is 1.59. The number of nitro groups is 1. The average molecular weight is 263 g/mol. The van der Waals surface area contributed by atoms with Crippen molar-refractivity contribution in [3.05, 3.63) is 51.5 Å². The normalized spacial score (nSPS) is 10.6. The predicted molar refractivity (Wildman–Crippen MR) is 70.1 cm³/mol. The van der Waals surface area contributed by atoms with Crippen LogP contribution in [0.1, 0.15) is 17.1 Å². The van der Waals surface area contributed by atoms with Gasteiger partial charge in [0, 0.05) is 6.07 Å². The SMILES string of the molecule is Cc1ccc(Sc2cc(C)oc2C)c([N+](=O)[O-])c1. The molecule has 0 amide bonds. The molecule has 1 heterocycles. The third-order valence-electron chi connectivity index (χ3n) is 2.53. The zero-order chi connectivity index (χ0) is 13.3. The average Bonchev–Trinajstić information content (AvgIpc) is 2.60. The maximum atomic E-state index is 11.0. The molecule has 0 saturated heterocycles. The van der Waals surface area contributed by atoms with Gasteiger partial charge in [0.05, 0.1) is 14.7 Å². The summed E-state index contributed by atoms with van der Waals surface area (Å²) in [6, 6.07) is 7.13. The Morgan fingerprint density at radius 3 is 2.44 bits per heavy atom. The minimum absolute atomic E-state index is 0.137. The Morgan fingerprint density at radius 1 is 1.17 bits per heavy atom. The molecule has 2 aromatic rings. The Balaban J connectivity index is 2.40. The van der Waals surface area contributed by atoms with Crippen LogP contribution in [0.3, 0.4) is 0 Å². The van der Waals surface area contributed by atoms with Crippen molar-refractivity contribution >= 4 is 17.4 Å². The second kappa shape index (κ2) is 4.86. The van der Waals surface area contributed by atoms with E-state index in [1.807, 2.05) is 32.9 Å². The van der Waals surface area contributed by atoms with Gasteiger partial charge in [0.2, 0.25) is 0 Å². The molecule has 94 valence electrons. The van der Waals surface area contributed by atoms with E-state index in [9.17, 15) is 10.1 Å². The first-order valence-corrected chi connectivity index (χ1v) is 6.29. The Morgan fingerprint density at radius 2 is 1.89 bits per heavy atom. The van der Waals surface area contributed by atoms with E-state index in [4.69, 9.17) is 4.42 Å². The van der Waals surface area contributed by atoms with Gasteiger partial charge in [-0.2, -0.15) is 0 Å². The van der Waals surface area contributed by atoms with Gasteiger partial charge in [-0.1, -0.05) is 17.8 Å². The highest BCUT2D eigenvalue weighted by Gasteiger charge is 2.17. The molecule has 0 spiro atoms. The highest BCUT2D eigenvalue weighted by atomic mass is 32.2. The summed E-state index contributed by atoms with van der Waals surface area (Å²) in [5, 5.41) is 11.0. The maximum absolute atomic E-state index is 11.0. The number of hydrogen-bond donors (Lipinski definition) is 0. The molecule has 0 aliphatic carbocycles. The molecule has 0 aliphatic rings. The highest BCUT2D eigenvalue weighted by molar-refractivity contribution is 7.99. The zero-order valence-corrected chi connectivity index (χ0v) is 11.2. The Bertz CT molecular complexity index is 604. The van der Waals surface area contributed by atoms with Gasteiger partial charge in [-0.05, 0) is 38.5 Å². The highest BCUT2D eigenvalue weighted by Crippen LogP contribution is 2.37. The lowest BCUT2D eigenvalue weighted by atomic mass is 10.2. The number of aryl methyl sites for hydroxylation is 3. The number of nitro benzene ring substituents is 1. The van der Waals surface area contributed by atoms with E-state index < -0.39 is 0 Å². The molecular weight excluding hydrogens is 250 g/mol. The van der Waals surface area contributed by atoms with Crippen LogP contribution in [0.15, 0.2) is 38.5 Å². The van der Waals surface area contributed by atoms with Crippen molar-refractivity contribution in [2.24, 2.45) is 0 Å². The van der Waals surface area contributed by atoms with E-state index in [1.54, 1.807) is 12.1 Å². The molecule has 0 unspecified atom stereocenters. The summed E-state index contributed by atoms with van der Waals surface area (Å²) in [6.45, 7) is 5.56. The number of benzene rings is 1. The fourth-order valence-corrected chi connectivity index (χ4v) is 2.70. The second-order valence-electron chi connectivity index (χ2n) is 4.11. The van der Waals surface area contributed by atoms with E-state index in [0.717, 1.165) is 22.0 Å². The van der Waals surface area contributed by atoms with Crippen molar-refractivity contribution < 1.29 is 9.34 Å². The monoisotopic (exact) mass is 263 g/mol. The second-order valence-corrected chi connectivity index (χ2v) is 5.19. The lowest BCUT2D eigenvalue weighted by Gasteiger charge is -2.02. The van der Waals surface area contributed by atoms with Crippen molar-refractivity contribution in [3.8, 4) is 0 Å². The molecule has 0 N–H and O–H groups in total. The molecule has 0 aliphatic heterocycles. The van der Waals surface area contributed by atoms with Gasteiger partial charge in [0.25, 0.3) is 5.69 Å². The molecule has 0 atom stereocenters. The fraction of sp³-hybridized carbons (Fsp3) is 0.231. The summed E-state index contributed by atoms with van der Waals surface area (Å²) in [4.78, 5) is 12.2. The van der Waals surface area contributed by atoms with Crippen molar-refractivity contribution in [3.63, 3.8) is 0 Å². The van der Waals surface area contributed by atoms with Crippen molar-refractivity contribution in [2.75, 3.05) is 0 Å².